The number of nitrogens with zero attached hydrogens (tertiary/aromatic N) is 1. The number of hydrogen-bond donors (Lipinski definition) is 1. The van der Waals surface area contributed by atoms with E-state index >= 15 is 0 Å². The third-order valence-corrected chi connectivity index (χ3v) is 7.16. The van der Waals surface area contributed by atoms with Crippen LogP contribution in [0.5, 0.6) is 5.75 Å². The summed E-state index contributed by atoms with van der Waals surface area (Å²) in [7, 11) is 0. The number of benzene rings is 2. The lowest BCUT2D eigenvalue weighted by Gasteiger charge is -2.40. The van der Waals surface area contributed by atoms with Gasteiger partial charge in [0.05, 0.1) is 16.5 Å². The van der Waals surface area contributed by atoms with Crippen molar-refractivity contribution in [3.8, 4) is 5.75 Å². The number of amides is 1. The van der Waals surface area contributed by atoms with Crippen LogP contribution in [0, 0.1) is 5.41 Å². The molecule has 1 saturated heterocycles. The number of carbonyl (C=O) groups excluding carboxylic acids is 2. The van der Waals surface area contributed by atoms with Gasteiger partial charge >= 0.3 is 5.97 Å². The van der Waals surface area contributed by atoms with Gasteiger partial charge in [0.2, 0.25) is 0 Å². The summed E-state index contributed by atoms with van der Waals surface area (Å²) in [4.78, 5) is 31.5. The molecular formula is C27H30N2O4. The first kappa shape index (κ1) is 21.6. The molecule has 1 aromatic heterocycles. The number of carbonyl (C=O) groups is 2. The maximum absolute atomic E-state index is 13.3. The van der Waals surface area contributed by atoms with Crippen molar-refractivity contribution >= 4 is 22.8 Å². The van der Waals surface area contributed by atoms with Crippen molar-refractivity contribution in [2.45, 2.75) is 38.5 Å². The largest absolute Gasteiger partial charge is 0.490 e. The lowest BCUT2D eigenvalue weighted by atomic mass is 9.74. The number of hydrogen-bond acceptors (Lipinski definition) is 4. The standard InChI is InChI=1S/C27H30N2O4/c30-25(22-9-5-8-21-11-15-28-24(21)22)29-16-13-27(14-17-29)12-4-3-7-20-6-1-2-10-23(20)32-18-19-33-26(27)31/h1-2,5-6,8-11,15,28H,3-4,7,12-14,16-19H2. The van der Waals surface area contributed by atoms with Crippen LogP contribution in [0.15, 0.2) is 54.7 Å². The van der Waals surface area contributed by atoms with E-state index in [2.05, 4.69) is 11.1 Å². The van der Waals surface area contributed by atoms with Crippen LogP contribution in [0.3, 0.4) is 0 Å². The van der Waals surface area contributed by atoms with Gasteiger partial charge in [-0.1, -0.05) is 36.8 Å². The molecule has 0 bridgehead atoms. The zero-order chi connectivity index (χ0) is 22.7. The summed E-state index contributed by atoms with van der Waals surface area (Å²) >= 11 is 0. The van der Waals surface area contributed by atoms with Crippen molar-refractivity contribution in [3.05, 3.63) is 65.9 Å². The van der Waals surface area contributed by atoms with Gasteiger partial charge < -0.3 is 19.4 Å². The molecule has 1 fully saturated rings. The Balaban J connectivity index is 1.27. The first-order valence-electron chi connectivity index (χ1n) is 11.9. The Bertz CT molecular complexity index is 1140. The summed E-state index contributed by atoms with van der Waals surface area (Å²) in [5.41, 5.74) is 2.24. The van der Waals surface area contributed by atoms with Crippen LogP contribution in [0.4, 0.5) is 0 Å². The normalized spacial score (nSPS) is 19.2. The number of aromatic amines is 1. The Morgan fingerprint density at radius 3 is 2.61 bits per heavy atom. The highest BCUT2D eigenvalue weighted by atomic mass is 16.6. The van der Waals surface area contributed by atoms with Crippen LogP contribution in [-0.4, -0.2) is 48.1 Å². The van der Waals surface area contributed by atoms with Gasteiger partial charge in [-0.15, -0.1) is 0 Å². The van der Waals surface area contributed by atoms with Crippen molar-refractivity contribution < 1.29 is 19.1 Å². The maximum atomic E-state index is 13.3. The van der Waals surface area contributed by atoms with Gasteiger partial charge in [0, 0.05) is 24.7 Å². The minimum Gasteiger partial charge on any atom is -0.490 e. The number of cyclic esters (lactones) is 1. The van der Waals surface area contributed by atoms with E-state index in [-0.39, 0.29) is 18.5 Å². The van der Waals surface area contributed by atoms with Crippen LogP contribution in [-0.2, 0) is 16.0 Å². The Kier molecular flexibility index (Phi) is 6.07. The molecule has 0 atom stereocenters. The second-order valence-corrected chi connectivity index (χ2v) is 9.12. The zero-order valence-corrected chi connectivity index (χ0v) is 18.8. The molecule has 6 nitrogen and oxygen atoms in total. The number of aryl methyl sites for hydroxylation is 1. The molecule has 0 saturated carbocycles. The van der Waals surface area contributed by atoms with E-state index in [0.717, 1.165) is 42.3 Å². The molecule has 0 aliphatic carbocycles. The summed E-state index contributed by atoms with van der Waals surface area (Å²) in [5.74, 6) is 0.760. The third kappa shape index (κ3) is 4.34. The predicted octanol–water partition coefficient (Wildman–Crippen LogP) is 4.74. The monoisotopic (exact) mass is 446 g/mol. The first-order chi connectivity index (χ1) is 16.2. The Morgan fingerprint density at radius 2 is 1.73 bits per heavy atom. The van der Waals surface area contributed by atoms with E-state index in [0.29, 0.717) is 38.1 Å². The maximum Gasteiger partial charge on any atom is 0.312 e. The van der Waals surface area contributed by atoms with E-state index in [1.807, 2.05) is 53.6 Å². The van der Waals surface area contributed by atoms with Gasteiger partial charge in [-0.05, 0) is 55.9 Å². The fourth-order valence-electron chi connectivity index (χ4n) is 5.20. The van der Waals surface area contributed by atoms with Crippen molar-refractivity contribution in [1.82, 2.24) is 9.88 Å². The molecule has 172 valence electrons. The van der Waals surface area contributed by atoms with Crippen molar-refractivity contribution in [3.63, 3.8) is 0 Å². The molecule has 0 unspecified atom stereocenters. The Hall–Kier alpha value is -3.28. The fourth-order valence-corrected chi connectivity index (χ4v) is 5.20. The third-order valence-electron chi connectivity index (χ3n) is 7.16. The zero-order valence-electron chi connectivity index (χ0n) is 18.8. The van der Waals surface area contributed by atoms with Crippen LogP contribution >= 0.6 is 0 Å². The number of ether oxygens (including phenoxy) is 2. The summed E-state index contributed by atoms with van der Waals surface area (Å²) < 4.78 is 11.6. The average Bonchev–Trinajstić information content (AvgIpc) is 3.33. The minimum absolute atomic E-state index is 0.0180. The Labute approximate surface area is 193 Å². The predicted molar refractivity (Wildman–Crippen MR) is 126 cm³/mol. The molecule has 5 rings (SSSR count). The highest BCUT2D eigenvalue weighted by Crippen LogP contribution is 2.39. The van der Waals surface area contributed by atoms with Crippen molar-refractivity contribution in [2.24, 2.45) is 5.41 Å². The summed E-state index contributed by atoms with van der Waals surface area (Å²) in [6, 6.07) is 15.8. The van der Waals surface area contributed by atoms with Crippen LogP contribution in [0.2, 0.25) is 0 Å². The quantitative estimate of drug-likeness (QED) is 0.548. The smallest absolute Gasteiger partial charge is 0.312 e. The number of esters is 1. The van der Waals surface area contributed by atoms with E-state index in [9.17, 15) is 9.59 Å². The summed E-state index contributed by atoms with van der Waals surface area (Å²) in [6.07, 6.45) is 6.79. The molecule has 1 amide bonds. The second-order valence-electron chi connectivity index (χ2n) is 9.12. The Morgan fingerprint density at radius 1 is 0.909 bits per heavy atom. The average molecular weight is 447 g/mol. The molecular weight excluding hydrogens is 416 g/mol. The van der Waals surface area contributed by atoms with Gasteiger partial charge in [0.1, 0.15) is 19.0 Å². The number of likely N-dealkylation sites (tertiary alicyclic amines) is 1. The van der Waals surface area contributed by atoms with E-state index in [4.69, 9.17) is 9.47 Å². The number of nitrogens with one attached hydrogen (secondary N) is 1. The number of piperidine rings is 1. The van der Waals surface area contributed by atoms with E-state index < -0.39 is 5.41 Å². The molecule has 0 radical (unpaired) electrons. The fraction of sp³-hybridized carbons (Fsp3) is 0.407. The molecule has 3 aromatic rings. The van der Waals surface area contributed by atoms with Crippen LogP contribution in [0.1, 0.15) is 48.0 Å². The van der Waals surface area contributed by atoms with Gasteiger partial charge in [-0.2, -0.15) is 0 Å². The lowest BCUT2D eigenvalue weighted by Crippen LogP contribution is -2.47. The van der Waals surface area contributed by atoms with Gasteiger partial charge in [0.25, 0.3) is 5.91 Å². The second kappa shape index (κ2) is 9.30. The highest BCUT2D eigenvalue weighted by Gasteiger charge is 2.43. The summed E-state index contributed by atoms with van der Waals surface area (Å²) in [6.45, 7) is 1.71. The minimum atomic E-state index is -0.520. The van der Waals surface area contributed by atoms with Crippen molar-refractivity contribution in [2.75, 3.05) is 26.3 Å². The first-order valence-corrected chi connectivity index (χ1v) is 11.9. The van der Waals surface area contributed by atoms with E-state index in [1.54, 1.807) is 0 Å². The van der Waals surface area contributed by atoms with Crippen molar-refractivity contribution in [1.29, 1.82) is 0 Å². The SMILES string of the molecule is O=C(c1cccc2cc[nH]c12)N1CCC2(CCCCc3ccccc3OCCOC2=O)CC1. The van der Waals surface area contributed by atoms with Gasteiger partial charge in [-0.25, -0.2) is 0 Å². The number of aromatic nitrogens is 1. The number of fused-ring (bicyclic) bond motifs is 2. The molecule has 33 heavy (non-hydrogen) atoms. The number of rotatable bonds is 1. The van der Waals surface area contributed by atoms with Gasteiger partial charge in [0.15, 0.2) is 0 Å². The number of H-pyrrole nitrogens is 1. The van der Waals surface area contributed by atoms with E-state index in [1.165, 1.54) is 5.56 Å². The molecule has 2 aliphatic heterocycles. The van der Waals surface area contributed by atoms with Crippen LogP contribution < -0.4 is 4.74 Å². The molecule has 2 aliphatic rings. The summed E-state index contributed by atoms with van der Waals surface area (Å²) in [5, 5.41) is 1.03. The number of para-hydroxylation sites is 2. The highest BCUT2D eigenvalue weighted by molar-refractivity contribution is 6.05. The molecule has 1 N–H and O–H groups in total. The lowest BCUT2D eigenvalue weighted by molar-refractivity contribution is -0.160. The molecule has 6 heteroatoms. The molecule has 3 heterocycles. The van der Waals surface area contributed by atoms with Crippen LogP contribution in [0.25, 0.3) is 10.9 Å². The topological polar surface area (TPSA) is 71.6 Å². The molecule has 1 spiro atoms. The van der Waals surface area contributed by atoms with Gasteiger partial charge in [-0.3, -0.25) is 9.59 Å². The molecule has 2 aromatic carbocycles.